The Balaban J connectivity index is 2.00. The number of nitrogens with one attached hydrogen (secondary N) is 2. The summed E-state index contributed by atoms with van der Waals surface area (Å²) < 4.78 is 10.6. The van der Waals surface area contributed by atoms with Crippen molar-refractivity contribution in [2.24, 2.45) is 0 Å². The van der Waals surface area contributed by atoms with Gasteiger partial charge in [0.25, 0.3) is 0 Å². The maximum Gasteiger partial charge on any atom is 0.165 e. The molecule has 5 nitrogen and oxygen atoms in total. The molecule has 5 heteroatoms. The molecule has 0 atom stereocenters. The van der Waals surface area contributed by atoms with Gasteiger partial charge < -0.3 is 14.8 Å². The van der Waals surface area contributed by atoms with Crippen LogP contribution in [0.1, 0.15) is 11.1 Å². The lowest BCUT2D eigenvalue weighted by Crippen LogP contribution is -2.13. The summed E-state index contributed by atoms with van der Waals surface area (Å²) in [5, 5.41) is 10.0. The van der Waals surface area contributed by atoms with Gasteiger partial charge in [0, 0.05) is 30.4 Å². The maximum absolute atomic E-state index is 5.37. The van der Waals surface area contributed by atoms with E-state index >= 15 is 0 Å². The Morgan fingerprint density at radius 2 is 2.11 bits per heavy atom. The number of hydrogen-bond acceptors (Lipinski definition) is 4. The molecule has 0 saturated heterocycles. The molecule has 96 valence electrons. The van der Waals surface area contributed by atoms with Crippen molar-refractivity contribution in [3.63, 3.8) is 0 Å². The van der Waals surface area contributed by atoms with Crippen LogP contribution in [0.5, 0.6) is 11.5 Å². The fourth-order valence-corrected chi connectivity index (χ4v) is 1.81. The summed E-state index contributed by atoms with van der Waals surface area (Å²) in [5.74, 6) is 1.53. The molecule has 0 unspecified atom stereocenters. The summed E-state index contributed by atoms with van der Waals surface area (Å²) in [6.07, 6.45) is 3.67. The van der Waals surface area contributed by atoms with Crippen LogP contribution in [-0.2, 0) is 13.1 Å². The van der Waals surface area contributed by atoms with Crippen LogP contribution >= 0.6 is 0 Å². The lowest BCUT2D eigenvalue weighted by molar-refractivity contribution is 0.350. The smallest absolute Gasteiger partial charge is 0.165 e. The van der Waals surface area contributed by atoms with Crippen LogP contribution < -0.4 is 14.8 Å². The average molecular weight is 247 g/mol. The number of nitrogens with zero attached hydrogens (tertiary/aromatic N) is 1. The predicted octanol–water partition coefficient (Wildman–Crippen LogP) is 1.72. The first-order chi connectivity index (χ1) is 8.85. The van der Waals surface area contributed by atoms with Crippen LogP contribution in [0, 0.1) is 0 Å². The van der Waals surface area contributed by atoms with Gasteiger partial charge in [-0.2, -0.15) is 5.10 Å². The number of para-hydroxylation sites is 1. The lowest BCUT2D eigenvalue weighted by Gasteiger charge is -2.12. The van der Waals surface area contributed by atoms with Gasteiger partial charge >= 0.3 is 0 Å². The molecule has 1 heterocycles. The number of H-pyrrole nitrogens is 1. The third-order valence-electron chi connectivity index (χ3n) is 2.68. The van der Waals surface area contributed by atoms with Gasteiger partial charge in [-0.3, -0.25) is 5.10 Å². The molecule has 0 aliphatic carbocycles. The summed E-state index contributed by atoms with van der Waals surface area (Å²) in [5.41, 5.74) is 2.19. The zero-order valence-corrected chi connectivity index (χ0v) is 10.6. The van der Waals surface area contributed by atoms with Crippen LogP contribution in [0.15, 0.2) is 30.6 Å². The molecule has 18 heavy (non-hydrogen) atoms. The Morgan fingerprint density at radius 3 is 2.78 bits per heavy atom. The third kappa shape index (κ3) is 2.81. The highest BCUT2D eigenvalue weighted by Crippen LogP contribution is 2.30. The third-order valence-corrected chi connectivity index (χ3v) is 2.68. The Hall–Kier alpha value is -2.01. The molecule has 0 amide bonds. The van der Waals surface area contributed by atoms with Gasteiger partial charge in [-0.1, -0.05) is 12.1 Å². The summed E-state index contributed by atoms with van der Waals surface area (Å²) >= 11 is 0. The van der Waals surface area contributed by atoms with Crippen molar-refractivity contribution in [1.82, 2.24) is 15.5 Å². The molecular formula is C13H17N3O2. The Morgan fingerprint density at radius 1 is 1.22 bits per heavy atom. The van der Waals surface area contributed by atoms with Crippen LogP contribution in [-0.4, -0.2) is 24.4 Å². The molecule has 0 saturated carbocycles. The van der Waals surface area contributed by atoms with E-state index in [4.69, 9.17) is 9.47 Å². The maximum atomic E-state index is 5.37. The first-order valence-electron chi connectivity index (χ1n) is 5.73. The summed E-state index contributed by atoms with van der Waals surface area (Å²) in [6, 6.07) is 5.86. The standard InChI is InChI=1S/C13H17N3O2/c1-17-12-5-3-4-11(13(12)18-2)9-14-6-10-7-15-16-8-10/h3-5,7-8,14H,6,9H2,1-2H3,(H,15,16). The Kier molecular flexibility index (Phi) is 4.20. The highest BCUT2D eigenvalue weighted by atomic mass is 16.5. The van der Waals surface area contributed by atoms with Crippen molar-refractivity contribution < 1.29 is 9.47 Å². The average Bonchev–Trinajstić information content (AvgIpc) is 2.91. The van der Waals surface area contributed by atoms with E-state index < -0.39 is 0 Å². The molecule has 0 aliphatic heterocycles. The minimum atomic E-state index is 0.714. The zero-order valence-electron chi connectivity index (χ0n) is 10.6. The second-order valence-electron chi connectivity index (χ2n) is 3.86. The second-order valence-corrected chi connectivity index (χ2v) is 3.86. The SMILES string of the molecule is COc1cccc(CNCc2cn[nH]c2)c1OC. The second kappa shape index (κ2) is 6.07. The molecule has 0 bridgehead atoms. The van der Waals surface area contributed by atoms with Crippen LogP contribution in [0.3, 0.4) is 0 Å². The largest absolute Gasteiger partial charge is 0.493 e. The minimum absolute atomic E-state index is 0.714. The summed E-state index contributed by atoms with van der Waals surface area (Å²) in [4.78, 5) is 0. The number of aromatic amines is 1. The van der Waals surface area contributed by atoms with Crippen molar-refractivity contribution in [2.45, 2.75) is 13.1 Å². The molecule has 0 aliphatic rings. The van der Waals surface area contributed by atoms with Gasteiger partial charge in [0.05, 0.1) is 20.4 Å². The highest BCUT2D eigenvalue weighted by Gasteiger charge is 2.08. The van der Waals surface area contributed by atoms with E-state index in [-0.39, 0.29) is 0 Å². The molecule has 0 fully saturated rings. The molecule has 2 N–H and O–H groups in total. The molecule has 0 radical (unpaired) electrons. The monoisotopic (exact) mass is 247 g/mol. The van der Waals surface area contributed by atoms with E-state index in [1.54, 1.807) is 20.4 Å². The van der Waals surface area contributed by atoms with Crippen LogP contribution in [0.25, 0.3) is 0 Å². The molecular weight excluding hydrogens is 230 g/mol. The lowest BCUT2D eigenvalue weighted by atomic mass is 10.2. The number of hydrogen-bond donors (Lipinski definition) is 2. The van der Waals surface area contributed by atoms with Gasteiger partial charge in [0.1, 0.15) is 0 Å². The zero-order chi connectivity index (χ0) is 12.8. The fourth-order valence-electron chi connectivity index (χ4n) is 1.81. The van der Waals surface area contributed by atoms with E-state index in [1.807, 2.05) is 24.4 Å². The fraction of sp³-hybridized carbons (Fsp3) is 0.308. The number of benzene rings is 1. The van der Waals surface area contributed by atoms with Gasteiger partial charge in [0.15, 0.2) is 11.5 Å². The summed E-state index contributed by atoms with van der Waals surface area (Å²) in [6.45, 7) is 1.47. The van der Waals surface area contributed by atoms with Crippen molar-refractivity contribution >= 4 is 0 Å². The number of ether oxygens (including phenoxy) is 2. The highest BCUT2D eigenvalue weighted by molar-refractivity contribution is 5.46. The summed E-state index contributed by atoms with van der Waals surface area (Å²) in [7, 11) is 3.29. The van der Waals surface area contributed by atoms with Gasteiger partial charge in [-0.05, 0) is 6.07 Å². The number of aromatic nitrogens is 2. The Labute approximate surface area is 106 Å². The van der Waals surface area contributed by atoms with E-state index in [0.29, 0.717) is 6.54 Å². The van der Waals surface area contributed by atoms with Crippen molar-refractivity contribution in [3.05, 3.63) is 41.7 Å². The van der Waals surface area contributed by atoms with Crippen molar-refractivity contribution in [3.8, 4) is 11.5 Å². The van der Waals surface area contributed by atoms with E-state index in [0.717, 1.165) is 29.2 Å². The Bertz CT molecular complexity index is 483. The van der Waals surface area contributed by atoms with Crippen molar-refractivity contribution in [2.75, 3.05) is 14.2 Å². The van der Waals surface area contributed by atoms with E-state index in [9.17, 15) is 0 Å². The van der Waals surface area contributed by atoms with Gasteiger partial charge in [0.2, 0.25) is 0 Å². The van der Waals surface area contributed by atoms with Crippen LogP contribution in [0.4, 0.5) is 0 Å². The number of rotatable bonds is 6. The normalized spacial score (nSPS) is 10.3. The topological polar surface area (TPSA) is 59.2 Å². The molecule has 1 aromatic heterocycles. The number of methoxy groups -OCH3 is 2. The van der Waals surface area contributed by atoms with Crippen molar-refractivity contribution in [1.29, 1.82) is 0 Å². The van der Waals surface area contributed by atoms with E-state index in [2.05, 4.69) is 15.5 Å². The van der Waals surface area contributed by atoms with E-state index in [1.165, 1.54) is 0 Å². The molecule has 1 aromatic carbocycles. The van der Waals surface area contributed by atoms with Gasteiger partial charge in [-0.25, -0.2) is 0 Å². The predicted molar refractivity (Wildman–Crippen MR) is 68.7 cm³/mol. The van der Waals surface area contributed by atoms with Gasteiger partial charge in [-0.15, -0.1) is 0 Å². The molecule has 0 spiro atoms. The quantitative estimate of drug-likeness (QED) is 0.816. The molecule has 2 aromatic rings. The first-order valence-corrected chi connectivity index (χ1v) is 5.73. The minimum Gasteiger partial charge on any atom is -0.493 e. The van der Waals surface area contributed by atoms with Crippen LogP contribution in [0.2, 0.25) is 0 Å². The first kappa shape index (κ1) is 12.4. The molecule has 2 rings (SSSR count).